The van der Waals surface area contributed by atoms with Crippen molar-refractivity contribution in [2.24, 2.45) is 5.41 Å². The predicted molar refractivity (Wildman–Crippen MR) is 109 cm³/mol. The van der Waals surface area contributed by atoms with Crippen LogP contribution in [-0.4, -0.2) is 30.4 Å². The largest absolute Gasteiger partial charge is 0.508 e. The molecular weight excluding hydrogens is 392 g/mol. The molecule has 30 heavy (non-hydrogen) atoms. The third-order valence-corrected chi connectivity index (χ3v) is 4.36. The number of esters is 1. The highest BCUT2D eigenvalue weighted by atomic mass is 16.6. The van der Waals surface area contributed by atoms with E-state index in [1.807, 2.05) is 0 Å². The van der Waals surface area contributed by atoms with E-state index in [0.717, 1.165) is 6.07 Å². The third kappa shape index (κ3) is 3.76. The number of hydrogen-bond acceptors (Lipinski definition) is 8. The van der Waals surface area contributed by atoms with Crippen LogP contribution in [0.25, 0.3) is 22.3 Å². The first-order valence-corrected chi connectivity index (χ1v) is 9.04. The molecule has 3 aromatic rings. The zero-order valence-corrected chi connectivity index (χ0v) is 17.2. The van der Waals surface area contributed by atoms with E-state index in [0.29, 0.717) is 5.56 Å². The molecule has 3 rings (SSSR count). The van der Waals surface area contributed by atoms with Crippen LogP contribution in [0.15, 0.2) is 39.5 Å². The Bertz CT molecular complexity index is 1180. The number of carbonyl (C=O) groups excluding carboxylic acids is 1. The second-order valence-corrected chi connectivity index (χ2v) is 7.64. The molecule has 8 nitrogen and oxygen atoms in total. The molecule has 1 aromatic heterocycles. The van der Waals surface area contributed by atoms with Crippen molar-refractivity contribution in [1.29, 1.82) is 0 Å². The lowest BCUT2D eigenvalue weighted by Gasteiger charge is -2.18. The number of benzene rings is 2. The van der Waals surface area contributed by atoms with Gasteiger partial charge < -0.3 is 28.8 Å². The zero-order valence-electron chi connectivity index (χ0n) is 17.2. The summed E-state index contributed by atoms with van der Waals surface area (Å²) < 4.78 is 21.8. The van der Waals surface area contributed by atoms with Crippen LogP contribution in [0.1, 0.15) is 20.8 Å². The molecule has 8 heteroatoms. The summed E-state index contributed by atoms with van der Waals surface area (Å²) in [5.74, 6) is -0.745. The zero-order chi connectivity index (χ0) is 22.2. The smallest absolute Gasteiger partial charge is 0.316 e. The van der Waals surface area contributed by atoms with Gasteiger partial charge in [-0.3, -0.25) is 9.59 Å². The highest BCUT2D eigenvalue weighted by molar-refractivity contribution is 5.88. The Morgan fingerprint density at radius 1 is 1.00 bits per heavy atom. The molecule has 0 spiro atoms. The van der Waals surface area contributed by atoms with Gasteiger partial charge in [-0.25, -0.2) is 0 Å². The highest BCUT2D eigenvalue weighted by Crippen LogP contribution is 2.39. The summed E-state index contributed by atoms with van der Waals surface area (Å²) in [4.78, 5) is 25.0. The number of phenols is 2. The van der Waals surface area contributed by atoms with Crippen LogP contribution in [-0.2, 0) is 4.79 Å². The first kappa shape index (κ1) is 21.0. The van der Waals surface area contributed by atoms with Crippen molar-refractivity contribution in [3.05, 3.63) is 40.6 Å². The molecular formula is C22H22O8. The molecule has 0 aliphatic rings. The molecule has 0 bridgehead atoms. The van der Waals surface area contributed by atoms with Crippen molar-refractivity contribution in [3.63, 3.8) is 0 Å². The molecule has 158 valence electrons. The highest BCUT2D eigenvalue weighted by Gasteiger charge is 2.26. The van der Waals surface area contributed by atoms with E-state index in [2.05, 4.69) is 0 Å². The quantitative estimate of drug-likeness (QED) is 0.489. The Hall–Kier alpha value is -3.68. The van der Waals surface area contributed by atoms with Gasteiger partial charge in [0.15, 0.2) is 17.3 Å². The van der Waals surface area contributed by atoms with Crippen molar-refractivity contribution in [2.45, 2.75) is 20.8 Å². The number of carbonyl (C=O) groups is 1. The maximum Gasteiger partial charge on any atom is 0.316 e. The van der Waals surface area contributed by atoms with E-state index in [1.54, 1.807) is 26.8 Å². The molecule has 0 radical (unpaired) electrons. The summed E-state index contributed by atoms with van der Waals surface area (Å²) in [7, 11) is 2.72. The SMILES string of the molecule is COc1cc(-c2oc3cc(O)cc(O)c3c(=O)c2OC)ccc1OC(=O)C(C)(C)C. The summed E-state index contributed by atoms with van der Waals surface area (Å²) in [6.07, 6.45) is 0. The van der Waals surface area contributed by atoms with Crippen LogP contribution >= 0.6 is 0 Å². The van der Waals surface area contributed by atoms with Crippen LogP contribution in [0.4, 0.5) is 0 Å². The number of hydrogen-bond donors (Lipinski definition) is 2. The monoisotopic (exact) mass is 414 g/mol. The summed E-state index contributed by atoms with van der Waals surface area (Å²) in [5, 5.41) is 19.7. The maximum atomic E-state index is 12.8. The van der Waals surface area contributed by atoms with Crippen LogP contribution in [0.2, 0.25) is 0 Å². The van der Waals surface area contributed by atoms with Crippen molar-refractivity contribution < 1.29 is 33.6 Å². The lowest BCUT2D eigenvalue weighted by Crippen LogP contribution is -2.25. The van der Waals surface area contributed by atoms with E-state index >= 15 is 0 Å². The average molecular weight is 414 g/mol. The van der Waals surface area contributed by atoms with Crippen LogP contribution in [0.3, 0.4) is 0 Å². The number of methoxy groups -OCH3 is 2. The molecule has 0 fully saturated rings. The standard InChI is InChI=1S/C22H22O8/c1-22(2,3)21(26)30-14-7-6-11(8-15(14)27-4)19-20(28-5)18(25)17-13(24)9-12(23)10-16(17)29-19/h6-10,23-24H,1-5H3. The van der Waals surface area contributed by atoms with E-state index in [-0.39, 0.29) is 39.7 Å². The van der Waals surface area contributed by atoms with Crippen LogP contribution in [0, 0.1) is 5.41 Å². The Morgan fingerprint density at radius 2 is 1.70 bits per heavy atom. The molecule has 0 amide bonds. The molecule has 0 aliphatic carbocycles. The van der Waals surface area contributed by atoms with Gasteiger partial charge in [-0.2, -0.15) is 0 Å². The molecule has 2 aromatic carbocycles. The van der Waals surface area contributed by atoms with Gasteiger partial charge in [-0.15, -0.1) is 0 Å². The van der Waals surface area contributed by atoms with Gasteiger partial charge in [-0.05, 0) is 39.0 Å². The lowest BCUT2D eigenvalue weighted by atomic mass is 9.97. The normalized spacial score (nSPS) is 11.4. The van der Waals surface area contributed by atoms with Crippen molar-refractivity contribution in [1.82, 2.24) is 0 Å². The number of fused-ring (bicyclic) bond motifs is 1. The van der Waals surface area contributed by atoms with Gasteiger partial charge in [0.1, 0.15) is 22.5 Å². The van der Waals surface area contributed by atoms with Gasteiger partial charge in [0.25, 0.3) is 0 Å². The summed E-state index contributed by atoms with van der Waals surface area (Å²) in [6.45, 7) is 5.20. The lowest BCUT2D eigenvalue weighted by molar-refractivity contribution is -0.143. The topological polar surface area (TPSA) is 115 Å². The van der Waals surface area contributed by atoms with Gasteiger partial charge in [0, 0.05) is 17.7 Å². The third-order valence-electron chi connectivity index (χ3n) is 4.36. The van der Waals surface area contributed by atoms with E-state index < -0.39 is 22.6 Å². The summed E-state index contributed by atoms with van der Waals surface area (Å²) >= 11 is 0. The van der Waals surface area contributed by atoms with Gasteiger partial charge >= 0.3 is 5.97 Å². The van der Waals surface area contributed by atoms with Crippen molar-refractivity contribution in [3.8, 4) is 40.1 Å². The van der Waals surface area contributed by atoms with E-state index in [4.69, 9.17) is 18.6 Å². The van der Waals surface area contributed by atoms with Gasteiger partial charge in [-0.1, -0.05) is 0 Å². The predicted octanol–water partition coefficient (Wildman–Crippen LogP) is 3.84. The molecule has 1 heterocycles. The second kappa shape index (κ2) is 7.62. The van der Waals surface area contributed by atoms with Crippen molar-refractivity contribution in [2.75, 3.05) is 14.2 Å². The van der Waals surface area contributed by atoms with Crippen molar-refractivity contribution >= 4 is 16.9 Å². The van der Waals surface area contributed by atoms with E-state index in [1.165, 1.54) is 32.4 Å². The fourth-order valence-corrected chi connectivity index (χ4v) is 2.79. The molecule has 0 atom stereocenters. The minimum Gasteiger partial charge on any atom is -0.508 e. The fourth-order valence-electron chi connectivity index (χ4n) is 2.79. The first-order chi connectivity index (χ1) is 14.1. The minimum atomic E-state index is -0.706. The van der Waals surface area contributed by atoms with Gasteiger partial charge in [0.2, 0.25) is 11.2 Å². The average Bonchev–Trinajstić information content (AvgIpc) is 2.66. The maximum absolute atomic E-state index is 12.8. The number of aromatic hydroxyl groups is 2. The molecule has 0 saturated heterocycles. The number of ether oxygens (including phenoxy) is 3. The molecule has 2 N–H and O–H groups in total. The number of rotatable bonds is 4. The van der Waals surface area contributed by atoms with E-state index in [9.17, 15) is 19.8 Å². The Kier molecular flexibility index (Phi) is 5.35. The Labute approximate surface area is 172 Å². The summed E-state index contributed by atoms with van der Waals surface area (Å²) in [6, 6.07) is 6.88. The Morgan fingerprint density at radius 3 is 2.30 bits per heavy atom. The van der Waals surface area contributed by atoms with Crippen LogP contribution in [0.5, 0.6) is 28.7 Å². The first-order valence-electron chi connectivity index (χ1n) is 9.04. The Balaban J connectivity index is 2.18. The molecule has 0 unspecified atom stereocenters. The second-order valence-electron chi connectivity index (χ2n) is 7.64. The minimum absolute atomic E-state index is 0.0181. The van der Waals surface area contributed by atoms with Gasteiger partial charge in [0.05, 0.1) is 19.6 Å². The fraction of sp³-hybridized carbons (Fsp3) is 0.273. The van der Waals surface area contributed by atoms with Crippen LogP contribution < -0.4 is 19.6 Å². The molecule has 0 aliphatic heterocycles. The summed E-state index contributed by atoms with van der Waals surface area (Å²) in [5.41, 5.74) is -0.924. The molecule has 0 saturated carbocycles. The number of phenolic OH excluding ortho intramolecular Hbond substituents is 2.